The SMILES string of the molecule is CS(=O)(=O)Nc1cccc(-c2nccc3c(NC[C@@H](N)Cc4ccccc4)nc(-c4ccncc4)nc23)c1. The number of benzene rings is 2. The first-order valence-corrected chi connectivity index (χ1v) is 13.9. The molecule has 38 heavy (non-hydrogen) atoms. The average Bonchev–Trinajstić information content (AvgIpc) is 2.91. The number of nitrogens with zero attached hydrogens (tertiary/aromatic N) is 4. The zero-order chi connectivity index (χ0) is 26.5. The minimum Gasteiger partial charge on any atom is -0.368 e. The molecule has 0 amide bonds. The molecule has 10 heteroatoms. The van der Waals surface area contributed by atoms with E-state index in [9.17, 15) is 8.42 Å². The lowest BCUT2D eigenvalue weighted by molar-refractivity contribution is 0.607. The summed E-state index contributed by atoms with van der Waals surface area (Å²) in [7, 11) is -3.43. The Labute approximate surface area is 221 Å². The molecule has 4 N–H and O–H groups in total. The lowest BCUT2D eigenvalue weighted by atomic mass is 10.1. The molecule has 0 spiro atoms. The van der Waals surface area contributed by atoms with Crippen molar-refractivity contribution in [3.05, 3.63) is 97.0 Å². The number of hydrogen-bond donors (Lipinski definition) is 3. The van der Waals surface area contributed by atoms with Crippen molar-refractivity contribution < 1.29 is 8.42 Å². The monoisotopic (exact) mass is 525 g/mol. The van der Waals surface area contributed by atoms with Crippen molar-refractivity contribution in [3.63, 3.8) is 0 Å². The number of rotatable bonds is 9. The highest BCUT2D eigenvalue weighted by molar-refractivity contribution is 7.92. The first-order valence-electron chi connectivity index (χ1n) is 12.0. The Morgan fingerprint density at radius 1 is 0.895 bits per heavy atom. The summed E-state index contributed by atoms with van der Waals surface area (Å²) in [5, 5.41) is 4.21. The molecule has 0 bridgehead atoms. The van der Waals surface area contributed by atoms with Gasteiger partial charge in [0.2, 0.25) is 10.0 Å². The lowest BCUT2D eigenvalue weighted by Gasteiger charge is -2.16. The lowest BCUT2D eigenvalue weighted by Crippen LogP contribution is -2.31. The number of nitrogens with one attached hydrogen (secondary N) is 2. The van der Waals surface area contributed by atoms with Crippen molar-refractivity contribution in [2.45, 2.75) is 12.5 Å². The highest BCUT2D eigenvalue weighted by atomic mass is 32.2. The van der Waals surface area contributed by atoms with Crippen LogP contribution in [0.1, 0.15) is 5.56 Å². The Morgan fingerprint density at radius 3 is 2.45 bits per heavy atom. The van der Waals surface area contributed by atoms with Crippen molar-refractivity contribution in [2.75, 3.05) is 22.8 Å². The van der Waals surface area contributed by atoms with E-state index in [2.05, 4.69) is 32.1 Å². The molecule has 192 valence electrons. The minimum absolute atomic E-state index is 0.133. The van der Waals surface area contributed by atoms with Gasteiger partial charge in [-0.3, -0.25) is 14.7 Å². The predicted octanol–water partition coefficient (Wildman–Crippen LogP) is 4.11. The summed E-state index contributed by atoms with van der Waals surface area (Å²) in [5.41, 5.74) is 10.8. The van der Waals surface area contributed by atoms with Gasteiger partial charge in [-0.2, -0.15) is 0 Å². The molecule has 2 aromatic carbocycles. The van der Waals surface area contributed by atoms with Crippen LogP contribution >= 0.6 is 0 Å². The Hall–Kier alpha value is -4.41. The fraction of sp³-hybridized carbons (Fsp3) is 0.143. The number of fused-ring (bicyclic) bond motifs is 1. The molecule has 0 unspecified atom stereocenters. The second-order valence-electron chi connectivity index (χ2n) is 8.97. The largest absolute Gasteiger partial charge is 0.368 e. The number of nitrogens with two attached hydrogens (primary N) is 1. The maximum absolute atomic E-state index is 11.8. The normalized spacial score (nSPS) is 12.3. The fourth-order valence-electron chi connectivity index (χ4n) is 4.19. The van der Waals surface area contributed by atoms with Crippen LogP contribution in [0.5, 0.6) is 0 Å². The van der Waals surface area contributed by atoms with E-state index < -0.39 is 10.0 Å². The van der Waals surface area contributed by atoms with Crippen molar-refractivity contribution >= 4 is 32.4 Å². The van der Waals surface area contributed by atoms with Crippen molar-refractivity contribution in [1.29, 1.82) is 0 Å². The van der Waals surface area contributed by atoms with Crippen LogP contribution in [0.4, 0.5) is 11.5 Å². The molecule has 0 saturated heterocycles. The van der Waals surface area contributed by atoms with Crippen LogP contribution in [0.25, 0.3) is 33.5 Å². The van der Waals surface area contributed by atoms with E-state index in [1.165, 1.54) is 5.56 Å². The number of hydrogen-bond acceptors (Lipinski definition) is 8. The molecule has 0 radical (unpaired) electrons. The maximum Gasteiger partial charge on any atom is 0.229 e. The van der Waals surface area contributed by atoms with Crippen LogP contribution in [-0.2, 0) is 16.4 Å². The molecule has 3 heterocycles. The zero-order valence-corrected chi connectivity index (χ0v) is 21.6. The Kier molecular flexibility index (Phi) is 7.25. The quantitative estimate of drug-likeness (QED) is 0.262. The van der Waals surface area contributed by atoms with Crippen LogP contribution in [0.2, 0.25) is 0 Å². The van der Waals surface area contributed by atoms with Crippen molar-refractivity contribution in [3.8, 4) is 22.6 Å². The van der Waals surface area contributed by atoms with Crippen LogP contribution in [0, 0.1) is 0 Å². The molecule has 3 aromatic heterocycles. The molecular weight excluding hydrogens is 498 g/mol. The second-order valence-corrected chi connectivity index (χ2v) is 10.7. The third-order valence-corrected chi connectivity index (χ3v) is 6.47. The van der Waals surface area contributed by atoms with Gasteiger partial charge in [0.05, 0.1) is 11.9 Å². The van der Waals surface area contributed by atoms with Crippen molar-refractivity contribution in [1.82, 2.24) is 19.9 Å². The first kappa shape index (κ1) is 25.2. The van der Waals surface area contributed by atoms with E-state index in [1.807, 2.05) is 42.5 Å². The molecule has 9 nitrogen and oxygen atoms in total. The Morgan fingerprint density at radius 2 is 1.68 bits per heavy atom. The van der Waals surface area contributed by atoms with E-state index in [0.29, 0.717) is 35.1 Å². The van der Waals surface area contributed by atoms with E-state index in [0.717, 1.165) is 29.2 Å². The average molecular weight is 526 g/mol. The molecule has 0 aliphatic rings. The molecule has 5 rings (SSSR count). The van der Waals surface area contributed by atoms with Crippen molar-refractivity contribution in [2.24, 2.45) is 5.73 Å². The van der Waals surface area contributed by atoms with Gasteiger partial charge in [-0.25, -0.2) is 18.4 Å². The standard InChI is InChI=1S/C28H27N7O2S/c1-38(36,37)35-23-9-5-8-21(17-23)25-26-24(12-15-31-25)28(34-27(33-26)20-10-13-30-14-11-20)32-18-22(29)16-19-6-3-2-4-7-19/h2-15,17,22,35H,16,18,29H2,1H3,(H,32,33,34)/t22-/m0/s1. The predicted molar refractivity (Wildman–Crippen MR) is 151 cm³/mol. The van der Waals surface area contributed by atoms with Gasteiger partial charge in [0.25, 0.3) is 0 Å². The van der Waals surface area contributed by atoms with Gasteiger partial charge in [-0.05, 0) is 42.3 Å². The third kappa shape index (κ3) is 6.10. The van der Waals surface area contributed by atoms with Gasteiger partial charge >= 0.3 is 0 Å². The number of anilines is 2. The molecule has 1 atom stereocenters. The molecular formula is C28H27N7O2S. The zero-order valence-electron chi connectivity index (χ0n) is 20.7. The molecule has 0 aliphatic heterocycles. The van der Waals surface area contributed by atoms with Gasteiger partial charge in [-0.1, -0.05) is 42.5 Å². The molecule has 0 aliphatic carbocycles. The van der Waals surface area contributed by atoms with Gasteiger partial charge in [-0.15, -0.1) is 0 Å². The van der Waals surface area contributed by atoms with Crippen LogP contribution in [0.15, 0.2) is 91.4 Å². The van der Waals surface area contributed by atoms with Crippen LogP contribution < -0.4 is 15.8 Å². The summed E-state index contributed by atoms with van der Waals surface area (Å²) in [4.78, 5) is 18.4. The van der Waals surface area contributed by atoms with E-state index in [1.54, 1.807) is 36.8 Å². The number of pyridine rings is 2. The Balaban J connectivity index is 1.55. The summed E-state index contributed by atoms with van der Waals surface area (Å²) in [6.45, 7) is 0.502. The minimum atomic E-state index is -3.43. The third-order valence-electron chi connectivity index (χ3n) is 5.86. The first-order chi connectivity index (χ1) is 18.4. The fourth-order valence-corrected chi connectivity index (χ4v) is 4.75. The summed E-state index contributed by atoms with van der Waals surface area (Å²) in [6.07, 6.45) is 6.91. The summed E-state index contributed by atoms with van der Waals surface area (Å²) in [5.74, 6) is 1.15. The van der Waals surface area contributed by atoms with Crippen LogP contribution in [0.3, 0.4) is 0 Å². The van der Waals surface area contributed by atoms with E-state index >= 15 is 0 Å². The van der Waals surface area contributed by atoms with Gasteiger partial charge in [0.15, 0.2) is 5.82 Å². The van der Waals surface area contributed by atoms with Crippen LogP contribution in [-0.4, -0.2) is 47.2 Å². The number of aromatic nitrogens is 4. The molecule has 0 fully saturated rings. The van der Waals surface area contributed by atoms with E-state index in [4.69, 9.17) is 15.7 Å². The Bertz CT molecular complexity index is 1660. The number of sulfonamides is 1. The topological polar surface area (TPSA) is 136 Å². The maximum atomic E-state index is 11.8. The second kappa shape index (κ2) is 10.9. The molecule has 5 aromatic rings. The van der Waals surface area contributed by atoms with Gasteiger partial charge in [0.1, 0.15) is 11.3 Å². The summed E-state index contributed by atoms with van der Waals surface area (Å²) in [6, 6.07) is 22.6. The summed E-state index contributed by atoms with van der Waals surface area (Å²) >= 11 is 0. The summed E-state index contributed by atoms with van der Waals surface area (Å²) < 4.78 is 26.1. The van der Waals surface area contributed by atoms with E-state index in [-0.39, 0.29) is 6.04 Å². The highest BCUT2D eigenvalue weighted by Gasteiger charge is 2.16. The van der Waals surface area contributed by atoms with Gasteiger partial charge in [0, 0.05) is 53.4 Å². The highest BCUT2D eigenvalue weighted by Crippen LogP contribution is 2.32. The smallest absolute Gasteiger partial charge is 0.229 e. The molecule has 0 saturated carbocycles. The van der Waals surface area contributed by atoms with Gasteiger partial charge < -0.3 is 11.1 Å².